The van der Waals surface area contributed by atoms with Crippen molar-refractivity contribution in [2.75, 3.05) is 0 Å². The fourth-order valence-electron chi connectivity index (χ4n) is 8.26. The number of aliphatic hydroxyl groups excluding tert-OH is 1. The van der Waals surface area contributed by atoms with Gasteiger partial charge in [0.25, 0.3) is 0 Å². The zero-order chi connectivity index (χ0) is 21.8. The Morgan fingerprint density at radius 1 is 1.13 bits per heavy atom. The second-order valence-corrected chi connectivity index (χ2v) is 12.2. The summed E-state index contributed by atoms with van der Waals surface area (Å²) >= 11 is 0. The third-order valence-electron chi connectivity index (χ3n) is 10.4. The molecular formula is C28H44O2. The highest BCUT2D eigenvalue weighted by Gasteiger charge is 2.61. The van der Waals surface area contributed by atoms with Crippen molar-refractivity contribution in [1.29, 1.82) is 0 Å². The van der Waals surface area contributed by atoms with E-state index in [0.29, 0.717) is 41.3 Å². The van der Waals surface area contributed by atoms with E-state index in [-0.39, 0.29) is 17.4 Å². The standard InChI is InChI=1S/C28H44O2/c1-17(2)18(3)7-8-19(4)22-9-10-23-26-24(12-14-28(22,23)6)27(5)13-11-21(29)15-20(27)16-25(26)30/h16-17,19,21-24,26,29H,3,7-15H2,1-2,4-6H3. The first-order chi connectivity index (χ1) is 14.1. The van der Waals surface area contributed by atoms with Crippen LogP contribution in [0.3, 0.4) is 0 Å². The highest BCUT2D eigenvalue weighted by Crippen LogP contribution is 2.66. The minimum atomic E-state index is -0.250. The molecule has 8 atom stereocenters. The van der Waals surface area contributed by atoms with E-state index in [2.05, 4.69) is 41.2 Å². The summed E-state index contributed by atoms with van der Waals surface area (Å²) in [5, 5.41) is 10.2. The van der Waals surface area contributed by atoms with E-state index >= 15 is 0 Å². The Hall–Kier alpha value is -0.890. The molecule has 8 unspecified atom stereocenters. The summed E-state index contributed by atoms with van der Waals surface area (Å²) < 4.78 is 0. The van der Waals surface area contributed by atoms with Crippen LogP contribution in [0.4, 0.5) is 0 Å². The van der Waals surface area contributed by atoms with Gasteiger partial charge >= 0.3 is 0 Å². The number of fused-ring (bicyclic) bond motifs is 5. The molecule has 0 radical (unpaired) electrons. The summed E-state index contributed by atoms with van der Waals surface area (Å²) in [5.74, 6) is 3.67. The molecule has 30 heavy (non-hydrogen) atoms. The summed E-state index contributed by atoms with van der Waals surface area (Å²) in [4.78, 5) is 13.4. The molecule has 0 amide bonds. The number of rotatable bonds is 5. The SMILES string of the molecule is C=C(CCC(C)C1CCC2C3C(=O)C=C4CC(O)CCC4(C)C3CCC12C)C(C)C. The fraction of sp³-hybridized carbons (Fsp3) is 0.821. The van der Waals surface area contributed by atoms with E-state index in [0.717, 1.165) is 25.2 Å². The number of carbonyl (C=O) groups is 1. The molecule has 0 aliphatic heterocycles. The van der Waals surface area contributed by atoms with Gasteiger partial charge in [0, 0.05) is 5.92 Å². The maximum atomic E-state index is 13.4. The first-order valence-electron chi connectivity index (χ1n) is 12.7. The van der Waals surface area contributed by atoms with Crippen LogP contribution in [0.2, 0.25) is 0 Å². The van der Waals surface area contributed by atoms with Crippen molar-refractivity contribution in [3.05, 3.63) is 23.8 Å². The van der Waals surface area contributed by atoms with Crippen molar-refractivity contribution < 1.29 is 9.90 Å². The van der Waals surface area contributed by atoms with Gasteiger partial charge in [-0.2, -0.15) is 0 Å². The van der Waals surface area contributed by atoms with Crippen LogP contribution < -0.4 is 0 Å². The summed E-state index contributed by atoms with van der Waals surface area (Å²) in [5.41, 5.74) is 3.09. The van der Waals surface area contributed by atoms with Crippen molar-refractivity contribution in [2.24, 2.45) is 46.3 Å². The molecule has 0 heterocycles. The van der Waals surface area contributed by atoms with E-state index in [9.17, 15) is 9.90 Å². The van der Waals surface area contributed by atoms with E-state index < -0.39 is 0 Å². The first kappa shape index (κ1) is 22.3. The minimum Gasteiger partial charge on any atom is -0.393 e. The Morgan fingerprint density at radius 3 is 2.57 bits per heavy atom. The first-order valence-corrected chi connectivity index (χ1v) is 12.7. The fourth-order valence-corrected chi connectivity index (χ4v) is 8.26. The van der Waals surface area contributed by atoms with Crippen LogP contribution in [-0.2, 0) is 4.79 Å². The van der Waals surface area contributed by atoms with Gasteiger partial charge < -0.3 is 5.11 Å². The van der Waals surface area contributed by atoms with Gasteiger partial charge in [-0.25, -0.2) is 0 Å². The molecule has 0 spiro atoms. The van der Waals surface area contributed by atoms with E-state index in [4.69, 9.17) is 0 Å². The van der Waals surface area contributed by atoms with Gasteiger partial charge in [-0.1, -0.05) is 52.3 Å². The molecule has 0 aromatic carbocycles. The zero-order valence-corrected chi connectivity index (χ0v) is 20.0. The van der Waals surface area contributed by atoms with E-state index in [1.807, 2.05) is 6.08 Å². The average molecular weight is 413 g/mol. The van der Waals surface area contributed by atoms with Gasteiger partial charge in [0.15, 0.2) is 5.78 Å². The van der Waals surface area contributed by atoms with Crippen LogP contribution in [0, 0.1) is 46.3 Å². The number of hydrogen-bond donors (Lipinski definition) is 1. The summed E-state index contributed by atoms with van der Waals surface area (Å²) in [6.45, 7) is 16.2. The van der Waals surface area contributed by atoms with Crippen molar-refractivity contribution >= 4 is 5.78 Å². The Morgan fingerprint density at radius 2 is 1.87 bits per heavy atom. The average Bonchev–Trinajstić information content (AvgIpc) is 3.04. The van der Waals surface area contributed by atoms with Crippen LogP contribution in [0.1, 0.15) is 92.4 Å². The molecular weight excluding hydrogens is 368 g/mol. The predicted molar refractivity (Wildman–Crippen MR) is 124 cm³/mol. The number of carbonyl (C=O) groups excluding carboxylic acids is 1. The maximum absolute atomic E-state index is 13.4. The Labute approximate surface area is 184 Å². The predicted octanol–water partition coefficient (Wildman–Crippen LogP) is 6.73. The zero-order valence-electron chi connectivity index (χ0n) is 20.0. The number of aliphatic hydroxyl groups is 1. The van der Waals surface area contributed by atoms with Crippen molar-refractivity contribution in [3.63, 3.8) is 0 Å². The number of hydrogen-bond acceptors (Lipinski definition) is 2. The smallest absolute Gasteiger partial charge is 0.159 e. The molecule has 0 saturated heterocycles. The van der Waals surface area contributed by atoms with Gasteiger partial charge in [0.2, 0.25) is 0 Å². The third kappa shape index (κ3) is 3.46. The summed E-state index contributed by atoms with van der Waals surface area (Å²) in [6, 6.07) is 0. The van der Waals surface area contributed by atoms with Crippen LogP contribution in [0.15, 0.2) is 23.8 Å². The lowest BCUT2D eigenvalue weighted by Crippen LogP contribution is -2.53. The molecule has 4 rings (SSSR count). The summed E-state index contributed by atoms with van der Waals surface area (Å²) in [6.07, 6.45) is 11.8. The van der Waals surface area contributed by atoms with Gasteiger partial charge in [-0.3, -0.25) is 4.79 Å². The minimum absolute atomic E-state index is 0.137. The normalized spacial score (nSPS) is 44.2. The molecule has 3 fully saturated rings. The lowest BCUT2D eigenvalue weighted by Gasteiger charge is -2.57. The van der Waals surface area contributed by atoms with Crippen LogP contribution in [0.25, 0.3) is 0 Å². The number of ketones is 1. The maximum Gasteiger partial charge on any atom is 0.159 e. The van der Waals surface area contributed by atoms with Crippen molar-refractivity contribution in [2.45, 2.75) is 98.5 Å². The lowest BCUT2D eigenvalue weighted by atomic mass is 9.46. The van der Waals surface area contributed by atoms with Crippen LogP contribution in [0.5, 0.6) is 0 Å². The molecule has 1 N–H and O–H groups in total. The third-order valence-corrected chi connectivity index (χ3v) is 10.4. The Kier molecular flexibility index (Phi) is 5.88. The van der Waals surface area contributed by atoms with Crippen LogP contribution >= 0.6 is 0 Å². The van der Waals surface area contributed by atoms with Gasteiger partial charge in [0.05, 0.1) is 6.10 Å². The molecule has 2 nitrogen and oxygen atoms in total. The molecule has 168 valence electrons. The summed E-state index contributed by atoms with van der Waals surface area (Å²) in [7, 11) is 0. The lowest BCUT2D eigenvalue weighted by molar-refractivity contribution is -0.135. The molecule has 3 saturated carbocycles. The molecule has 4 aliphatic rings. The van der Waals surface area contributed by atoms with Gasteiger partial charge in [-0.05, 0) is 104 Å². The largest absolute Gasteiger partial charge is 0.393 e. The molecule has 0 bridgehead atoms. The van der Waals surface area contributed by atoms with Crippen LogP contribution in [-0.4, -0.2) is 17.0 Å². The van der Waals surface area contributed by atoms with E-state index in [1.165, 1.54) is 43.3 Å². The molecule has 2 heteroatoms. The molecule has 0 aromatic rings. The second kappa shape index (κ2) is 7.91. The second-order valence-electron chi connectivity index (χ2n) is 12.2. The van der Waals surface area contributed by atoms with Gasteiger partial charge in [0.1, 0.15) is 0 Å². The van der Waals surface area contributed by atoms with Crippen molar-refractivity contribution in [1.82, 2.24) is 0 Å². The molecule has 4 aliphatic carbocycles. The Bertz CT molecular complexity index is 733. The highest BCUT2D eigenvalue weighted by atomic mass is 16.3. The Balaban J connectivity index is 1.54. The topological polar surface area (TPSA) is 37.3 Å². The monoisotopic (exact) mass is 412 g/mol. The van der Waals surface area contributed by atoms with Crippen molar-refractivity contribution in [3.8, 4) is 0 Å². The highest BCUT2D eigenvalue weighted by molar-refractivity contribution is 5.94. The quantitative estimate of drug-likeness (QED) is 0.508. The molecule has 0 aromatic heterocycles. The van der Waals surface area contributed by atoms with Gasteiger partial charge in [-0.15, -0.1) is 0 Å². The van der Waals surface area contributed by atoms with E-state index in [1.54, 1.807) is 0 Å². The number of allylic oxidation sites excluding steroid dienone is 2.